The molecule has 0 aliphatic rings. The van der Waals surface area contributed by atoms with Gasteiger partial charge < -0.3 is 15.4 Å². The second-order valence-corrected chi connectivity index (χ2v) is 8.59. The molecule has 182 valence electrons. The number of nitrogens with one attached hydrogen (secondary N) is 2. The van der Waals surface area contributed by atoms with Gasteiger partial charge in [0.25, 0.3) is 12.6 Å². The number of carbonyl (C=O) groups excluding carboxylic acids is 2. The maximum Gasteiger partial charge on any atom is 0.313 e. The Morgan fingerprint density at radius 2 is 1.83 bits per heavy atom. The summed E-state index contributed by atoms with van der Waals surface area (Å²) in [5.41, 5.74) is 4.57. The van der Waals surface area contributed by atoms with Gasteiger partial charge in [-0.05, 0) is 48.9 Å². The molecule has 0 unspecified atom stereocenters. The maximum absolute atomic E-state index is 12.5. The van der Waals surface area contributed by atoms with Crippen LogP contribution in [0.15, 0.2) is 85.3 Å². The quantitative estimate of drug-likeness (QED) is 0.274. The van der Waals surface area contributed by atoms with Crippen LogP contribution in [0.3, 0.4) is 0 Å². The fourth-order valence-corrected chi connectivity index (χ4v) is 3.39. The molecular formula is C28H28N5O3+. The SMILES string of the molecule is Cc1ccc(NC(=O)c2ccccc2)cc1Nc1nccc(-c2ccc[n+](COC(=O)C(C)C)c2)n1. The largest absolute Gasteiger partial charge is 0.405 e. The van der Waals surface area contributed by atoms with Crippen molar-refractivity contribution in [3.8, 4) is 11.3 Å². The highest BCUT2D eigenvalue weighted by atomic mass is 16.5. The molecule has 0 bridgehead atoms. The third-order valence-electron chi connectivity index (χ3n) is 5.41. The van der Waals surface area contributed by atoms with Crippen molar-refractivity contribution in [2.75, 3.05) is 10.6 Å². The van der Waals surface area contributed by atoms with Gasteiger partial charge >= 0.3 is 5.97 Å². The zero-order chi connectivity index (χ0) is 25.5. The second-order valence-electron chi connectivity index (χ2n) is 8.59. The van der Waals surface area contributed by atoms with Crippen molar-refractivity contribution in [2.24, 2.45) is 5.92 Å². The Kier molecular flexibility index (Phi) is 7.65. The number of aryl methyl sites for hydroxylation is 1. The molecule has 2 aromatic carbocycles. The highest BCUT2D eigenvalue weighted by Gasteiger charge is 2.13. The summed E-state index contributed by atoms with van der Waals surface area (Å²) < 4.78 is 7.10. The monoisotopic (exact) mass is 482 g/mol. The maximum atomic E-state index is 12.5. The van der Waals surface area contributed by atoms with Crippen molar-refractivity contribution in [3.05, 3.63) is 96.4 Å². The molecule has 0 spiro atoms. The first-order valence-electron chi connectivity index (χ1n) is 11.6. The molecule has 0 saturated heterocycles. The number of rotatable bonds is 8. The van der Waals surface area contributed by atoms with Gasteiger partial charge in [0, 0.05) is 29.2 Å². The van der Waals surface area contributed by atoms with Crippen LogP contribution in [0.5, 0.6) is 0 Å². The second kappa shape index (κ2) is 11.2. The van der Waals surface area contributed by atoms with Gasteiger partial charge in [-0.3, -0.25) is 9.59 Å². The first kappa shape index (κ1) is 24.5. The van der Waals surface area contributed by atoms with E-state index in [9.17, 15) is 9.59 Å². The van der Waals surface area contributed by atoms with Crippen molar-refractivity contribution in [3.63, 3.8) is 0 Å². The highest BCUT2D eigenvalue weighted by Crippen LogP contribution is 2.24. The standard InChI is InChI=1S/C28H27N5O3/c1-19(2)27(35)36-18-33-15-7-10-22(17-33)24-13-14-29-28(31-24)32-25-16-23(12-11-20(25)3)30-26(34)21-8-5-4-6-9-21/h4-17,19H,18H2,1-3H3,(H-,29,30,31,32,34)/p+1. The topological polar surface area (TPSA) is 97.1 Å². The van der Waals surface area contributed by atoms with Gasteiger partial charge in [0.05, 0.1) is 17.2 Å². The number of carbonyl (C=O) groups is 2. The minimum absolute atomic E-state index is 0.127. The summed E-state index contributed by atoms with van der Waals surface area (Å²) in [6, 6.07) is 20.3. The van der Waals surface area contributed by atoms with Gasteiger partial charge in [-0.1, -0.05) is 38.1 Å². The molecule has 0 saturated carbocycles. The highest BCUT2D eigenvalue weighted by molar-refractivity contribution is 6.04. The normalized spacial score (nSPS) is 10.7. The van der Waals surface area contributed by atoms with Crippen LogP contribution in [0, 0.1) is 12.8 Å². The van der Waals surface area contributed by atoms with Crippen LogP contribution in [0.4, 0.5) is 17.3 Å². The summed E-state index contributed by atoms with van der Waals surface area (Å²) in [6.45, 7) is 5.69. The van der Waals surface area contributed by atoms with Crippen LogP contribution in [-0.4, -0.2) is 21.8 Å². The lowest BCUT2D eigenvalue weighted by molar-refractivity contribution is -0.727. The Morgan fingerprint density at radius 1 is 1.03 bits per heavy atom. The van der Waals surface area contributed by atoms with Crippen LogP contribution in [0.2, 0.25) is 0 Å². The fraction of sp³-hybridized carbons (Fsp3) is 0.179. The predicted molar refractivity (Wildman–Crippen MR) is 137 cm³/mol. The van der Waals surface area contributed by atoms with E-state index >= 15 is 0 Å². The summed E-state index contributed by atoms with van der Waals surface area (Å²) in [4.78, 5) is 33.3. The smallest absolute Gasteiger partial charge is 0.313 e. The van der Waals surface area contributed by atoms with Crippen LogP contribution in [-0.2, 0) is 16.3 Å². The third kappa shape index (κ3) is 6.29. The number of nitrogens with zero attached hydrogens (tertiary/aromatic N) is 3. The molecule has 0 aliphatic heterocycles. The average molecular weight is 483 g/mol. The average Bonchev–Trinajstić information content (AvgIpc) is 2.90. The first-order valence-corrected chi connectivity index (χ1v) is 11.6. The van der Waals surface area contributed by atoms with Crippen molar-refractivity contribution in [2.45, 2.75) is 27.5 Å². The van der Waals surface area contributed by atoms with Crippen molar-refractivity contribution < 1.29 is 18.9 Å². The molecule has 8 heteroatoms. The molecule has 4 aromatic rings. The molecule has 2 aromatic heterocycles. The van der Waals surface area contributed by atoms with E-state index < -0.39 is 0 Å². The lowest BCUT2D eigenvalue weighted by Crippen LogP contribution is -2.36. The number of aromatic nitrogens is 3. The summed E-state index contributed by atoms with van der Waals surface area (Å²) in [6.07, 6.45) is 5.37. The molecule has 1 amide bonds. The van der Waals surface area contributed by atoms with E-state index in [0.29, 0.717) is 22.9 Å². The van der Waals surface area contributed by atoms with E-state index in [1.54, 1.807) is 36.7 Å². The van der Waals surface area contributed by atoms with Crippen LogP contribution < -0.4 is 15.2 Å². The van der Waals surface area contributed by atoms with E-state index in [-0.39, 0.29) is 24.5 Å². The zero-order valence-corrected chi connectivity index (χ0v) is 20.4. The summed E-state index contributed by atoms with van der Waals surface area (Å²) in [5, 5.41) is 6.18. The number of pyridine rings is 1. The van der Waals surface area contributed by atoms with Gasteiger partial charge in [0.2, 0.25) is 5.95 Å². The van der Waals surface area contributed by atoms with E-state index in [2.05, 4.69) is 20.6 Å². The molecule has 4 rings (SSSR count). The van der Waals surface area contributed by atoms with Gasteiger partial charge in [-0.2, -0.15) is 4.57 Å². The predicted octanol–water partition coefficient (Wildman–Crippen LogP) is 4.89. The number of anilines is 3. The minimum atomic E-state index is -0.251. The number of esters is 1. The number of amides is 1. The van der Waals surface area contributed by atoms with Gasteiger partial charge in [-0.15, -0.1) is 0 Å². The molecule has 0 radical (unpaired) electrons. The van der Waals surface area contributed by atoms with Gasteiger partial charge in [-0.25, -0.2) is 9.97 Å². The third-order valence-corrected chi connectivity index (χ3v) is 5.41. The lowest BCUT2D eigenvalue weighted by Gasteiger charge is -2.12. The lowest BCUT2D eigenvalue weighted by atomic mass is 10.1. The summed E-state index contributed by atoms with van der Waals surface area (Å²) in [7, 11) is 0. The number of ether oxygens (including phenoxy) is 1. The van der Waals surface area contributed by atoms with E-state index in [4.69, 9.17) is 4.74 Å². The van der Waals surface area contributed by atoms with E-state index in [1.165, 1.54) is 0 Å². The molecule has 0 fully saturated rings. The zero-order valence-electron chi connectivity index (χ0n) is 20.4. The first-order chi connectivity index (χ1) is 17.4. The van der Waals surface area contributed by atoms with Crippen molar-refractivity contribution >= 4 is 29.2 Å². The summed E-state index contributed by atoms with van der Waals surface area (Å²) in [5.74, 6) is -0.194. The van der Waals surface area contributed by atoms with Gasteiger partial charge in [0.15, 0.2) is 12.4 Å². The van der Waals surface area contributed by atoms with Crippen LogP contribution in [0.25, 0.3) is 11.3 Å². The number of benzene rings is 2. The Morgan fingerprint density at radius 3 is 2.61 bits per heavy atom. The minimum Gasteiger partial charge on any atom is -0.405 e. The van der Waals surface area contributed by atoms with Crippen molar-refractivity contribution in [1.29, 1.82) is 0 Å². The molecule has 36 heavy (non-hydrogen) atoms. The van der Waals surface area contributed by atoms with Crippen LogP contribution in [0.1, 0.15) is 29.8 Å². The Hall–Kier alpha value is -4.59. The molecule has 0 aliphatic carbocycles. The van der Waals surface area contributed by atoms with Crippen molar-refractivity contribution in [1.82, 2.24) is 9.97 Å². The Labute approximate surface area is 210 Å². The van der Waals surface area contributed by atoms with Crippen LogP contribution >= 0.6 is 0 Å². The Bertz CT molecular complexity index is 1370. The molecular weight excluding hydrogens is 454 g/mol. The molecule has 0 atom stereocenters. The number of hydrogen-bond acceptors (Lipinski definition) is 6. The molecule has 2 heterocycles. The van der Waals surface area contributed by atoms with E-state index in [1.807, 2.05) is 73.9 Å². The molecule has 2 N–H and O–H groups in total. The number of hydrogen-bond donors (Lipinski definition) is 2. The fourth-order valence-electron chi connectivity index (χ4n) is 3.39. The molecule has 8 nitrogen and oxygen atoms in total. The van der Waals surface area contributed by atoms with Gasteiger partial charge in [0.1, 0.15) is 0 Å². The summed E-state index contributed by atoms with van der Waals surface area (Å²) >= 11 is 0. The van der Waals surface area contributed by atoms with E-state index in [0.717, 1.165) is 16.8 Å². The Balaban J connectivity index is 1.49.